The Labute approximate surface area is 184 Å². The standard InChI is InChI=1S/C23H24N2O7/c1-2-15-3-5-16(6-4-15)20-19(21(27)17-7-9-18(10-8-17)25(30)31)22(28)23(29)24(20)11-13-32-14-12-26/h3-10,20,26-27H,2,11-14H2,1H3/b21-19+/t20-/m1/s1. The minimum atomic E-state index is -0.840. The normalized spacial score (nSPS) is 17.7. The summed E-state index contributed by atoms with van der Waals surface area (Å²) in [5.41, 5.74) is 1.67. The number of aliphatic hydroxyl groups is 2. The largest absolute Gasteiger partial charge is 0.507 e. The van der Waals surface area contributed by atoms with Gasteiger partial charge in [0, 0.05) is 24.2 Å². The Balaban J connectivity index is 2.05. The van der Waals surface area contributed by atoms with Crippen LogP contribution in [0, 0.1) is 10.1 Å². The summed E-state index contributed by atoms with van der Waals surface area (Å²) in [6, 6.07) is 11.7. The van der Waals surface area contributed by atoms with Crippen molar-refractivity contribution >= 4 is 23.1 Å². The molecule has 1 fully saturated rings. The van der Waals surface area contributed by atoms with Gasteiger partial charge in [-0.15, -0.1) is 0 Å². The van der Waals surface area contributed by atoms with E-state index >= 15 is 0 Å². The van der Waals surface area contributed by atoms with Crippen molar-refractivity contribution in [2.24, 2.45) is 0 Å². The lowest BCUT2D eigenvalue weighted by Crippen LogP contribution is -2.33. The van der Waals surface area contributed by atoms with Crippen molar-refractivity contribution in [2.45, 2.75) is 19.4 Å². The van der Waals surface area contributed by atoms with Crippen LogP contribution in [-0.4, -0.2) is 58.1 Å². The summed E-state index contributed by atoms with van der Waals surface area (Å²) in [6.45, 7) is 2.13. The number of non-ortho nitro benzene ring substituents is 1. The van der Waals surface area contributed by atoms with Crippen molar-refractivity contribution in [1.29, 1.82) is 0 Å². The van der Waals surface area contributed by atoms with E-state index in [9.17, 15) is 24.8 Å². The first kappa shape index (κ1) is 23.1. The molecule has 9 nitrogen and oxygen atoms in total. The maximum Gasteiger partial charge on any atom is 0.295 e. The van der Waals surface area contributed by atoms with Crippen molar-refractivity contribution in [3.05, 3.63) is 80.9 Å². The number of aliphatic hydroxyl groups excluding tert-OH is 2. The molecule has 32 heavy (non-hydrogen) atoms. The minimum absolute atomic E-state index is 0.0851. The smallest absolute Gasteiger partial charge is 0.295 e. The van der Waals surface area contributed by atoms with Crippen LogP contribution in [0.25, 0.3) is 5.76 Å². The lowest BCUT2D eigenvalue weighted by molar-refractivity contribution is -0.384. The van der Waals surface area contributed by atoms with Crippen LogP contribution in [0.2, 0.25) is 0 Å². The Hall–Kier alpha value is -3.56. The van der Waals surface area contributed by atoms with Gasteiger partial charge in [-0.05, 0) is 29.7 Å². The molecular weight excluding hydrogens is 416 g/mol. The number of hydrogen-bond donors (Lipinski definition) is 2. The molecule has 3 rings (SSSR count). The molecule has 1 aliphatic heterocycles. The molecule has 168 valence electrons. The van der Waals surface area contributed by atoms with Gasteiger partial charge in [-0.3, -0.25) is 19.7 Å². The van der Waals surface area contributed by atoms with Gasteiger partial charge in [0.2, 0.25) is 0 Å². The minimum Gasteiger partial charge on any atom is -0.507 e. The van der Waals surface area contributed by atoms with Crippen molar-refractivity contribution < 1.29 is 29.5 Å². The number of carbonyl (C=O) groups excluding carboxylic acids is 2. The molecule has 1 atom stereocenters. The van der Waals surface area contributed by atoms with E-state index in [4.69, 9.17) is 9.84 Å². The third-order valence-electron chi connectivity index (χ3n) is 5.31. The summed E-state index contributed by atoms with van der Waals surface area (Å²) in [4.78, 5) is 37.4. The number of ketones is 1. The number of ether oxygens (including phenoxy) is 1. The number of aryl methyl sites for hydroxylation is 1. The molecule has 2 N–H and O–H groups in total. The zero-order valence-corrected chi connectivity index (χ0v) is 17.6. The fourth-order valence-corrected chi connectivity index (χ4v) is 3.62. The molecule has 2 aromatic carbocycles. The topological polar surface area (TPSA) is 130 Å². The fourth-order valence-electron chi connectivity index (χ4n) is 3.62. The van der Waals surface area contributed by atoms with E-state index in [2.05, 4.69) is 0 Å². The molecule has 0 bridgehead atoms. The second-order valence-corrected chi connectivity index (χ2v) is 7.23. The number of nitro benzene ring substituents is 1. The number of carbonyl (C=O) groups is 2. The van der Waals surface area contributed by atoms with Gasteiger partial charge in [0.15, 0.2) is 0 Å². The molecule has 1 heterocycles. The first-order chi connectivity index (χ1) is 15.4. The zero-order valence-electron chi connectivity index (χ0n) is 17.6. The number of amides is 1. The Bertz CT molecular complexity index is 1030. The predicted octanol–water partition coefficient (Wildman–Crippen LogP) is 2.59. The van der Waals surface area contributed by atoms with Gasteiger partial charge in [0.25, 0.3) is 17.4 Å². The third kappa shape index (κ3) is 4.68. The summed E-state index contributed by atoms with van der Waals surface area (Å²) in [5, 5.41) is 30.7. The van der Waals surface area contributed by atoms with Gasteiger partial charge < -0.3 is 19.8 Å². The Morgan fingerprint density at radius 2 is 1.75 bits per heavy atom. The molecule has 0 unspecified atom stereocenters. The van der Waals surface area contributed by atoms with Crippen molar-refractivity contribution in [3.63, 3.8) is 0 Å². The van der Waals surface area contributed by atoms with E-state index < -0.39 is 28.4 Å². The maximum atomic E-state index is 12.9. The van der Waals surface area contributed by atoms with Crippen LogP contribution in [0.5, 0.6) is 0 Å². The number of Topliss-reactive ketones (excluding diaryl/α,β-unsaturated/α-hetero) is 1. The maximum absolute atomic E-state index is 12.9. The first-order valence-corrected chi connectivity index (χ1v) is 10.2. The summed E-state index contributed by atoms with van der Waals surface area (Å²) in [5.74, 6) is -2.01. The molecule has 0 spiro atoms. The molecule has 9 heteroatoms. The van der Waals surface area contributed by atoms with Crippen LogP contribution >= 0.6 is 0 Å². The Morgan fingerprint density at radius 1 is 1.09 bits per heavy atom. The van der Waals surface area contributed by atoms with Gasteiger partial charge in [-0.1, -0.05) is 31.2 Å². The highest BCUT2D eigenvalue weighted by atomic mass is 16.6. The van der Waals surface area contributed by atoms with Crippen LogP contribution < -0.4 is 0 Å². The van der Waals surface area contributed by atoms with Gasteiger partial charge in [0.05, 0.1) is 36.4 Å². The SMILES string of the molecule is CCc1ccc([C@@H]2/C(=C(\O)c3ccc([N+](=O)[O-])cc3)C(=O)C(=O)N2CCOCCO)cc1. The van der Waals surface area contributed by atoms with E-state index in [1.165, 1.54) is 29.2 Å². The fraction of sp³-hybridized carbons (Fsp3) is 0.304. The van der Waals surface area contributed by atoms with Gasteiger partial charge >= 0.3 is 0 Å². The summed E-state index contributed by atoms with van der Waals surface area (Å²) in [6.07, 6.45) is 0.818. The number of nitro groups is 1. The predicted molar refractivity (Wildman–Crippen MR) is 116 cm³/mol. The molecular formula is C23H24N2O7. The third-order valence-corrected chi connectivity index (χ3v) is 5.31. The number of hydrogen-bond acceptors (Lipinski definition) is 7. The van der Waals surface area contributed by atoms with Crippen LogP contribution in [0.3, 0.4) is 0 Å². The molecule has 0 aliphatic carbocycles. The van der Waals surface area contributed by atoms with Crippen LogP contribution in [0.15, 0.2) is 54.1 Å². The van der Waals surface area contributed by atoms with Crippen molar-refractivity contribution in [3.8, 4) is 0 Å². The second-order valence-electron chi connectivity index (χ2n) is 7.23. The Morgan fingerprint density at radius 3 is 2.31 bits per heavy atom. The zero-order chi connectivity index (χ0) is 23.3. The van der Waals surface area contributed by atoms with Crippen LogP contribution in [-0.2, 0) is 20.7 Å². The molecule has 2 aromatic rings. The summed E-state index contributed by atoms with van der Waals surface area (Å²) in [7, 11) is 0. The summed E-state index contributed by atoms with van der Waals surface area (Å²) >= 11 is 0. The highest BCUT2D eigenvalue weighted by molar-refractivity contribution is 6.46. The molecule has 1 saturated heterocycles. The number of likely N-dealkylation sites (tertiary alicyclic amines) is 1. The van der Waals surface area contributed by atoms with Crippen LogP contribution in [0.1, 0.15) is 29.7 Å². The first-order valence-electron chi connectivity index (χ1n) is 10.2. The highest BCUT2D eigenvalue weighted by Gasteiger charge is 2.45. The molecule has 0 saturated carbocycles. The van der Waals surface area contributed by atoms with Gasteiger partial charge in [-0.2, -0.15) is 0 Å². The second kappa shape index (κ2) is 10.2. The quantitative estimate of drug-likeness (QED) is 0.153. The molecule has 1 amide bonds. The van der Waals surface area contributed by atoms with E-state index in [1.807, 2.05) is 19.1 Å². The van der Waals surface area contributed by atoms with Gasteiger partial charge in [-0.25, -0.2) is 0 Å². The van der Waals surface area contributed by atoms with Crippen molar-refractivity contribution in [1.82, 2.24) is 4.90 Å². The van der Waals surface area contributed by atoms with E-state index in [-0.39, 0.29) is 43.2 Å². The molecule has 0 aromatic heterocycles. The number of rotatable bonds is 9. The number of benzene rings is 2. The van der Waals surface area contributed by atoms with E-state index in [1.54, 1.807) is 12.1 Å². The van der Waals surface area contributed by atoms with Crippen LogP contribution in [0.4, 0.5) is 5.69 Å². The van der Waals surface area contributed by atoms with E-state index in [0.717, 1.165) is 12.0 Å². The molecule has 0 radical (unpaired) electrons. The lowest BCUT2D eigenvalue weighted by Gasteiger charge is -2.25. The number of nitrogens with zero attached hydrogens (tertiary/aromatic N) is 2. The monoisotopic (exact) mass is 440 g/mol. The van der Waals surface area contributed by atoms with E-state index in [0.29, 0.717) is 5.56 Å². The van der Waals surface area contributed by atoms with Gasteiger partial charge in [0.1, 0.15) is 5.76 Å². The average molecular weight is 440 g/mol. The molecule has 1 aliphatic rings. The summed E-state index contributed by atoms with van der Waals surface area (Å²) < 4.78 is 5.27. The Kier molecular flexibility index (Phi) is 7.34. The average Bonchev–Trinajstić information content (AvgIpc) is 3.06. The lowest BCUT2D eigenvalue weighted by atomic mass is 9.94. The van der Waals surface area contributed by atoms with Crippen molar-refractivity contribution in [2.75, 3.05) is 26.4 Å². The highest BCUT2D eigenvalue weighted by Crippen LogP contribution is 2.39.